The Kier molecular flexibility index (Phi) is 3.29. The molecule has 17 heavy (non-hydrogen) atoms. The second-order valence-electron chi connectivity index (χ2n) is 4.71. The van der Waals surface area contributed by atoms with Gasteiger partial charge in [0.15, 0.2) is 0 Å². The summed E-state index contributed by atoms with van der Waals surface area (Å²) in [6.45, 7) is 5.74. The summed E-state index contributed by atoms with van der Waals surface area (Å²) in [7, 11) is 0. The minimum atomic E-state index is 0.518. The van der Waals surface area contributed by atoms with Gasteiger partial charge in [0, 0.05) is 51.4 Å². The quantitative estimate of drug-likeness (QED) is 0.831. The topological polar surface area (TPSA) is 50.5 Å². The standard InChI is InChI=1S/C12H19N3O2/c1-7-16-8-2-10(1)11-9-12(17-14-11)15-5-3-13-4-6-15/h9-10,13H,1-8H2. The van der Waals surface area contributed by atoms with E-state index in [0.29, 0.717) is 5.92 Å². The van der Waals surface area contributed by atoms with Crippen LogP contribution in [0, 0.1) is 0 Å². The van der Waals surface area contributed by atoms with Crippen LogP contribution in [0.3, 0.4) is 0 Å². The van der Waals surface area contributed by atoms with Crippen molar-refractivity contribution >= 4 is 5.88 Å². The molecule has 0 unspecified atom stereocenters. The predicted molar refractivity (Wildman–Crippen MR) is 64.4 cm³/mol. The van der Waals surface area contributed by atoms with Crippen LogP contribution >= 0.6 is 0 Å². The van der Waals surface area contributed by atoms with E-state index in [1.807, 2.05) is 0 Å². The van der Waals surface area contributed by atoms with E-state index >= 15 is 0 Å². The smallest absolute Gasteiger partial charge is 0.227 e. The zero-order chi connectivity index (χ0) is 11.5. The highest BCUT2D eigenvalue weighted by Gasteiger charge is 2.22. The molecule has 5 nitrogen and oxygen atoms in total. The lowest BCUT2D eigenvalue weighted by molar-refractivity contribution is 0.0838. The van der Waals surface area contributed by atoms with Gasteiger partial charge in [0.2, 0.25) is 5.88 Å². The van der Waals surface area contributed by atoms with Gasteiger partial charge in [-0.15, -0.1) is 0 Å². The Labute approximate surface area is 101 Å². The molecule has 3 rings (SSSR count). The average Bonchev–Trinajstić information content (AvgIpc) is 2.90. The number of anilines is 1. The number of nitrogens with zero attached hydrogens (tertiary/aromatic N) is 2. The number of piperazine rings is 1. The average molecular weight is 237 g/mol. The van der Waals surface area contributed by atoms with Crippen LogP contribution in [-0.4, -0.2) is 44.5 Å². The third-order valence-corrected chi connectivity index (χ3v) is 3.58. The predicted octanol–water partition coefficient (Wildman–Crippen LogP) is 0.978. The lowest BCUT2D eigenvalue weighted by Crippen LogP contribution is -2.43. The molecule has 0 radical (unpaired) electrons. The molecule has 3 heterocycles. The highest BCUT2D eigenvalue weighted by molar-refractivity contribution is 5.37. The molecule has 0 saturated carbocycles. The Morgan fingerprint density at radius 2 is 2.00 bits per heavy atom. The largest absolute Gasteiger partial charge is 0.381 e. The lowest BCUT2D eigenvalue weighted by atomic mass is 9.97. The van der Waals surface area contributed by atoms with Crippen molar-refractivity contribution in [1.29, 1.82) is 0 Å². The highest BCUT2D eigenvalue weighted by Crippen LogP contribution is 2.28. The molecule has 5 heteroatoms. The molecule has 0 aromatic carbocycles. The van der Waals surface area contributed by atoms with Gasteiger partial charge < -0.3 is 19.5 Å². The summed E-state index contributed by atoms with van der Waals surface area (Å²) >= 11 is 0. The zero-order valence-corrected chi connectivity index (χ0v) is 10.0. The second kappa shape index (κ2) is 5.06. The summed E-state index contributed by atoms with van der Waals surface area (Å²) in [5, 5.41) is 7.56. The Hall–Kier alpha value is -1.07. The van der Waals surface area contributed by atoms with E-state index in [2.05, 4.69) is 21.4 Å². The molecule has 94 valence electrons. The molecule has 2 fully saturated rings. The number of ether oxygens (including phenoxy) is 1. The van der Waals surface area contributed by atoms with Crippen molar-refractivity contribution in [3.05, 3.63) is 11.8 Å². The first-order valence-corrected chi connectivity index (χ1v) is 6.43. The third kappa shape index (κ3) is 2.45. The van der Waals surface area contributed by atoms with Crippen molar-refractivity contribution in [3.63, 3.8) is 0 Å². The Morgan fingerprint density at radius 3 is 2.76 bits per heavy atom. The van der Waals surface area contributed by atoms with Crippen LogP contribution in [0.1, 0.15) is 24.5 Å². The lowest BCUT2D eigenvalue weighted by Gasteiger charge is -2.26. The van der Waals surface area contributed by atoms with E-state index < -0.39 is 0 Å². The first kappa shape index (κ1) is 11.0. The van der Waals surface area contributed by atoms with E-state index in [9.17, 15) is 0 Å². The number of aromatic nitrogens is 1. The first-order valence-electron chi connectivity index (χ1n) is 6.43. The Balaban J connectivity index is 1.68. The maximum absolute atomic E-state index is 5.46. The summed E-state index contributed by atoms with van der Waals surface area (Å²) in [4.78, 5) is 2.26. The SMILES string of the molecule is c1c(C2CCOCC2)noc1N1CCNCC1. The van der Waals surface area contributed by atoms with Crippen molar-refractivity contribution in [1.82, 2.24) is 10.5 Å². The molecular weight excluding hydrogens is 218 g/mol. The minimum absolute atomic E-state index is 0.518. The van der Waals surface area contributed by atoms with Crippen molar-refractivity contribution in [2.75, 3.05) is 44.3 Å². The number of nitrogens with one attached hydrogen (secondary N) is 1. The number of hydrogen-bond donors (Lipinski definition) is 1. The van der Waals surface area contributed by atoms with Crippen LogP contribution in [0.5, 0.6) is 0 Å². The third-order valence-electron chi connectivity index (χ3n) is 3.58. The maximum atomic E-state index is 5.46. The van der Waals surface area contributed by atoms with E-state index in [1.165, 1.54) is 0 Å². The summed E-state index contributed by atoms with van der Waals surface area (Å²) in [6.07, 6.45) is 2.13. The van der Waals surface area contributed by atoms with Gasteiger partial charge >= 0.3 is 0 Å². The summed E-state index contributed by atoms with van der Waals surface area (Å²) in [6, 6.07) is 2.11. The van der Waals surface area contributed by atoms with E-state index in [-0.39, 0.29) is 0 Å². The van der Waals surface area contributed by atoms with Crippen LogP contribution in [0.25, 0.3) is 0 Å². The fraction of sp³-hybridized carbons (Fsp3) is 0.750. The highest BCUT2D eigenvalue weighted by atomic mass is 16.5. The van der Waals surface area contributed by atoms with Gasteiger partial charge in [0.05, 0.1) is 5.69 Å². The molecule has 0 aliphatic carbocycles. The van der Waals surface area contributed by atoms with Crippen LogP contribution in [0.4, 0.5) is 5.88 Å². The fourth-order valence-electron chi connectivity index (χ4n) is 2.50. The monoisotopic (exact) mass is 237 g/mol. The van der Waals surface area contributed by atoms with Gasteiger partial charge in [-0.2, -0.15) is 0 Å². The molecule has 1 aromatic rings. The van der Waals surface area contributed by atoms with Gasteiger partial charge in [-0.3, -0.25) is 0 Å². The van der Waals surface area contributed by atoms with Gasteiger partial charge in [-0.05, 0) is 12.8 Å². The summed E-state index contributed by atoms with van der Waals surface area (Å²) < 4.78 is 10.8. The Morgan fingerprint density at radius 1 is 1.24 bits per heavy atom. The summed E-state index contributed by atoms with van der Waals surface area (Å²) in [5.74, 6) is 1.44. The molecule has 1 aromatic heterocycles. The van der Waals surface area contributed by atoms with E-state index in [4.69, 9.17) is 9.26 Å². The van der Waals surface area contributed by atoms with Gasteiger partial charge in [-0.1, -0.05) is 5.16 Å². The summed E-state index contributed by atoms with van der Waals surface area (Å²) in [5.41, 5.74) is 1.10. The molecule has 0 bridgehead atoms. The van der Waals surface area contributed by atoms with Crippen molar-refractivity contribution < 1.29 is 9.26 Å². The first-order chi connectivity index (χ1) is 8.43. The molecule has 0 spiro atoms. The van der Waals surface area contributed by atoms with E-state index in [1.54, 1.807) is 0 Å². The molecule has 1 N–H and O–H groups in total. The van der Waals surface area contributed by atoms with Crippen LogP contribution in [0.15, 0.2) is 10.6 Å². The molecule has 2 saturated heterocycles. The van der Waals surface area contributed by atoms with Gasteiger partial charge in [0.25, 0.3) is 0 Å². The van der Waals surface area contributed by atoms with Crippen LogP contribution in [-0.2, 0) is 4.74 Å². The van der Waals surface area contributed by atoms with Gasteiger partial charge in [-0.25, -0.2) is 0 Å². The second-order valence-corrected chi connectivity index (χ2v) is 4.71. The molecule has 2 aliphatic rings. The fourth-order valence-corrected chi connectivity index (χ4v) is 2.50. The van der Waals surface area contributed by atoms with Crippen molar-refractivity contribution in [2.45, 2.75) is 18.8 Å². The molecule has 2 aliphatic heterocycles. The van der Waals surface area contributed by atoms with E-state index in [0.717, 1.165) is 63.8 Å². The maximum Gasteiger partial charge on any atom is 0.227 e. The zero-order valence-electron chi connectivity index (χ0n) is 10.0. The minimum Gasteiger partial charge on any atom is -0.381 e. The van der Waals surface area contributed by atoms with Crippen molar-refractivity contribution in [2.24, 2.45) is 0 Å². The molecule has 0 atom stereocenters. The van der Waals surface area contributed by atoms with Crippen LogP contribution < -0.4 is 10.2 Å². The number of rotatable bonds is 2. The van der Waals surface area contributed by atoms with Crippen LogP contribution in [0.2, 0.25) is 0 Å². The Bertz CT molecular complexity index is 322. The molecule has 0 amide bonds. The molecular formula is C12H19N3O2. The number of hydrogen-bond acceptors (Lipinski definition) is 5. The van der Waals surface area contributed by atoms with Crippen molar-refractivity contribution in [3.8, 4) is 0 Å². The van der Waals surface area contributed by atoms with Gasteiger partial charge in [0.1, 0.15) is 0 Å². The normalized spacial score (nSPS) is 22.9.